The standard InChI is InChI=1S/C24H44N4O2/c1-23(2,3)19-13-29-21-11-25(15-27(19)21)17-9-7-8-10-18(17)26-12-22-28(16-26)20(14-30-22)24(4,5)6/h17-22H,7-16H2,1-6H3/t17?,18?,19-,20-,21?,22?/m1/s1. The molecule has 6 atom stereocenters. The first kappa shape index (κ1) is 21.6. The summed E-state index contributed by atoms with van der Waals surface area (Å²) in [6.45, 7) is 20.3. The van der Waals surface area contributed by atoms with E-state index in [9.17, 15) is 0 Å². The van der Waals surface area contributed by atoms with Crippen molar-refractivity contribution < 1.29 is 9.47 Å². The van der Waals surface area contributed by atoms with Gasteiger partial charge in [0.2, 0.25) is 0 Å². The van der Waals surface area contributed by atoms with Gasteiger partial charge in [0.25, 0.3) is 0 Å². The molecule has 5 rings (SSSR count). The minimum Gasteiger partial charge on any atom is -0.360 e. The number of rotatable bonds is 2. The Morgan fingerprint density at radius 1 is 0.633 bits per heavy atom. The summed E-state index contributed by atoms with van der Waals surface area (Å²) >= 11 is 0. The van der Waals surface area contributed by atoms with Gasteiger partial charge in [-0.05, 0) is 23.7 Å². The van der Waals surface area contributed by atoms with Crippen molar-refractivity contribution in [3.05, 3.63) is 0 Å². The van der Waals surface area contributed by atoms with Crippen molar-refractivity contribution in [1.29, 1.82) is 0 Å². The molecule has 0 aromatic carbocycles. The van der Waals surface area contributed by atoms with Crippen LogP contribution in [0.2, 0.25) is 0 Å². The predicted molar refractivity (Wildman–Crippen MR) is 119 cm³/mol. The van der Waals surface area contributed by atoms with Crippen LogP contribution in [0.3, 0.4) is 0 Å². The second-order valence-electron chi connectivity index (χ2n) is 12.6. The highest BCUT2D eigenvalue weighted by Crippen LogP contribution is 2.40. The van der Waals surface area contributed by atoms with Crippen molar-refractivity contribution >= 4 is 0 Å². The molecule has 4 heterocycles. The fourth-order valence-corrected chi connectivity index (χ4v) is 6.74. The SMILES string of the molecule is CC(C)(C)[C@H]1COC2CN(C3CCCCC3N3CC4OC[C@H](C(C)(C)C)N4C3)CN21. The Bertz CT molecular complexity index is 576. The lowest BCUT2D eigenvalue weighted by Crippen LogP contribution is -2.54. The Hall–Kier alpha value is -0.240. The maximum Gasteiger partial charge on any atom is 0.124 e. The normalized spacial score (nSPS) is 42.2. The van der Waals surface area contributed by atoms with E-state index >= 15 is 0 Å². The summed E-state index contributed by atoms with van der Waals surface area (Å²) < 4.78 is 12.5. The molecule has 0 bridgehead atoms. The van der Waals surface area contributed by atoms with Crippen LogP contribution in [-0.4, -0.2) is 95.9 Å². The second kappa shape index (κ2) is 7.67. The van der Waals surface area contributed by atoms with Crippen LogP contribution in [0.1, 0.15) is 67.2 Å². The molecule has 0 aromatic heterocycles. The number of ether oxygens (including phenoxy) is 2. The highest BCUT2D eigenvalue weighted by atomic mass is 16.5. The van der Waals surface area contributed by atoms with Crippen molar-refractivity contribution in [2.45, 2.75) is 104 Å². The van der Waals surface area contributed by atoms with E-state index in [0.29, 0.717) is 36.6 Å². The topological polar surface area (TPSA) is 31.4 Å². The molecule has 1 saturated carbocycles. The third-order valence-electron chi connectivity index (χ3n) is 8.54. The van der Waals surface area contributed by atoms with Gasteiger partial charge in [-0.15, -0.1) is 0 Å². The molecule has 1 aliphatic carbocycles. The molecular weight excluding hydrogens is 376 g/mol. The second-order valence-corrected chi connectivity index (χ2v) is 12.6. The molecule has 0 amide bonds. The molecule has 5 fully saturated rings. The molecule has 0 radical (unpaired) electrons. The monoisotopic (exact) mass is 420 g/mol. The quantitative estimate of drug-likeness (QED) is 0.683. The summed E-state index contributed by atoms with van der Waals surface area (Å²) in [6, 6.07) is 2.38. The first-order valence-electron chi connectivity index (χ1n) is 12.4. The van der Waals surface area contributed by atoms with Gasteiger partial charge in [0, 0.05) is 37.3 Å². The maximum atomic E-state index is 6.25. The Labute approximate surface area is 183 Å². The summed E-state index contributed by atoms with van der Waals surface area (Å²) in [5.41, 5.74) is 0.547. The lowest BCUT2D eigenvalue weighted by atomic mass is 9.86. The van der Waals surface area contributed by atoms with E-state index in [4.69, 9.17) is 9.47 Å². The molecule has 0 aromatic rings. The Morgan fingerprint density at radius 3 is 1.40 bits per heavy atom. The predicted octanol–water partition coefficient (Wildman–Crippen LogP) is 2.99. The molecule has 4 saturated heterocycles. The fourth-order valence-electron chi connectivity index (χ4n) is 6.74. The molecule has 4 unspecified atom stereocenters. The maximum absolute atomic E-state index is 6.25. The molecule has 0 spiro atoms. The summed E-state index contributed by atoms with van der Waals surface area (Å²) in [4.78, 5) is 10.8. The van der Waals surface area contributed by atoms with Gasteiger partial charge in [0.15, 0.2) is 0 Å². The van der Waals surface area contributed by atoms with E-state index in [-0.39, 0.29) is 10.8 Å². The van der Waals surface area contributed by atoms with Crippen molar-refractivity contribution in [3.63, 3.8) is 0 Å². The van der Waals surface area contributed by atoms with Crippen molar-refractivity contribution in [2.75, 3.05) is 39.6 Å². The first-order chi connectivity index (χ1) is 14.1. The summed E-state index contributed by atoms with van der Waals surface area (Å²) in [5.74, 6) is 0. The Balaban J connectivity index is 1.28. The highest BCUT2D eigenvalue weighted by Gasteiger charge is 2.51. The van der Waals surface area contributed by atoms with Gasteiger partial charge in [-0.25, -0.2) is 0 Å². The third kappa shape index (κ3) is 3.75. The third-order valence-corrected chi connectivity index (χ3v) is 8.54. The van der Waals surface area contributed by atoms with Crippen molar-refractivity contribution in [3.8, 4) is 0 Å². The largest absolute Gasteiger partial charge is 0.360 e. The molecule has 0 N–H and O–H groups in total. The molecular formula is C24H44N4O2. The number of hydrogen-bond acceptors (Lipinski definition) is 6. The summed E-state index contributed by atoms with van der Waals surface area (Å²) in [6.07, 6.45) is 5.99. The average Bonchev–Trinajstić information content (AvgIpc) is 3.38. The van der Waals surface area contributed by atoms with Gasteiger partial charge in [0.05, 0.1) is 26.6 Å². The van der Waals surface area contributed by atoms with Crippen LogP contribution >= 0.6 is 0 Å². The zero-order valence-corrected chi connectivity index (χ0v) is 20.1. The van der Waals surface area contributed by atoms with Gasteiger partial charge < -0.3 is 9.47 Å². The van der Waals surface area contributed by atoms with Crippen LogP contribution < -0.4 is 0 Å². The minimum atomic E-state index is 0.274. The van der Waals surface area contributed by atoms with E-state index in [1.165, 1.54) is 25.7 Å². The van der Waals surface area contributed by atoms with E-state index in [2.05, 4.69) is 61.1 Å². The summed E-state index contributed by atoms with van der Waals surface area (Å²) in [5, 5.41) is 0. The smallest absolute Gasteiger partial charge is 0.124 e. The molecule has 4 aliphatic heterocycles. The van der Waals surface area contributed by atoms with Crippen LogP contribution in [0.25, 0.3) is 0 Å². The van der Waals surface area contributed by atoms with Gasteiger partial charge in [-0.2, -0.15) is 0 Å². The van der Waals surface area contributed by atoms with E-state index in [1.807, 2.05) is 0 Å². The molecule has 172 valence electrons. The van der Waals surface area contributed by atoms with Crippen molar-refractivity contribution in [1.82, 2.24) is 19.6 Å². The molecule has 6 heteroatoms. The van der Waals surface area contributed by atoms with E-state index in [0.717, 1.165) is 39.6 Å². The van der Waals surface area contributed by atoms with Gasteiger partial charge in [-0.1, -0.05) is 54.4 Å². The minimum absolute atomic E-state index is 0.274. The van der Waals surface area contributed by atoms with Crippen LogP contribution in [0.5, 0.6) is 0 Å². The van der Waals surface area contributed by atoms with E-state index in [1.54, 1.807) is 0 Å². The van der Waals surface area contributed by atoms with Gasteiger partial charge in [-0.3, -0.25) is 19.6 Å². The first-order valence-corrected chi connectivity index (χ1v) is 12.4. The lowest BCUT2D eigenvalue weighted by Gasteiger charge is -2.43. The highest BCUT2D eigenvalue weighted by molar-refractivity contribution is 5.01. The number of fused-ring (bicyclic) bond motifs is 2. The fraction of sp³-hybridized carbons (Fsp3) is 1.00. The van der Waals surface area contributed by atoms with Gasteiger partial charge >= 0.3 is 0 Å². The lowest BCUT2D eigenvalue weighted by molar-refractivity contribution is 0.0269. The van der Waals surface area contributed by atoms with Crippen molar-refractivity contribution in [2.24, 2.45) is 10.8 Å². The van der Waals surface area contributed by atoms with Crippen LogP contribution in [-0.2, 0) is 9.47 Å². The van der Waals surface area contributed by atoms with E-state index < -0.39 is 0 Å². The molecule has 5 aliphatic rings. The van der Waals surface area contributed by atoms with Crippen LogP contribution in [0.4, 0.5) is 0 Å². The zero-order chi connectivity index (χ0) is 21.3. The number of nitrogens with zero attached hydrogens (tertiary/aromatic N) is 4. The van der Waals surface area contributed by atoms with Crippen LogP contribution in [0, 0.1) is 10.8 Å². The average molecular weight is 421 g/mol. The Morgan fingerprint density at radius 2 is 1.03 bits per heavy atom. The Kier molecular flexibility index (Phi) is 5.52. The van der Waals surface area contributed by atoms with Gasteiger partial charge in [0.1, 0.15) is 12.5 Å². The zero-order valence-electron chi connectivity index (χ0n) is 20.1. The summed E-state index contributed by atoms with van der Waals surface area (Å²) in [7, 11) is 0. The number of hydrogen-bond donors (Lipinski definition) is 0. The van der Waals surface area contributed by atoms with Crippen LogP contribution in [0.15, 0.2) is 0 Å². The molecule has 30 heavy (non-hydrogen) atoms. The molecule has 6 nitrogen and oxygen atoms in total.